The molecule has 5 aromatic carbocycles. The number of fused-ring (bicyclic) bond motifs is 1. The zero-order valence-corrected chi connectivity index (χ0v) is 24.0. The lowest BCUT2D eigenvalue weighted by atomic mass is 10.0. The van der Waals surface area contributed by atoms with Crippen molar-refractivity contribution in [3.63, 3.8) is 0 Å². The van der Waals surface area contributed by atoms with E-state index in [0.717, 1.165) is 21.2 Å². The highest BCUT2D eigenvalue weighted by Crippen LogP contribution is 2.24. The van der Waals surface area contributed by atoms with Gasteiger partial charge in [-0.2, -0.15) is 0 Å². The first-order valence-corrected chi connectivity index (χ1v) is 14.5. The molecule has 0 spiro atoms. The highest BCUT2D eigenvalue weighted by Gasteiger charge is 2.16. The van der Waals surface area contributed by atoms with Crippen LogP contribution in [-0.2, 0) is 9.59 Å². The molecule has 0 aliphatic rings. The Kier molecular flexibility index (Phi) is 9.43. The summed E-state index contributed by atoms with van der Waals surface area (Å²) in [6.07, 6.45) is 1.65. The molecule has 0 bridgehead atoms. The van der Waals surface area contributed by atoms with Crippen molar-refractivity contribution in [3.8, 4) is 0 Å². The minimum atomic E-state index is -0.514. The highest BCUT2D eigenvalue weighted by atomic mass is 32.2. The minimum absolute atomic E-state index is 0.0639. The molecule has 0 atom stereocenters. The van der Waals surface area contributed by atoms with Crippen LogP contribution >= 0.6 is 11.8 Å². The number of nitro groups is 1. The van der Waals surface area contributed by atoms with Crippen molar-refractivity contribution >= 4 is 63.4 Å². The van der Waals surface area contributed by atoms with Crippen LogP contribution in [0.5, 0.6) is 0 Å². The first kappa shape index (κ1) is 29.7. The number of benzene rings is 5. The van der Waals surface area contributed by atoms with E-state index in [2.05, 4.69) is 16.0 Å². The van der Waals surface area contributed by atoms with E-state index in [0.29, 0.717) is 16.9 Å². The average molecular weight is 603 g/mol. The van der Waals surface area contributed by atoms with Gasteiger partial charge in [0.05, 0.1) is 10.7 Å². The Bertz CT molecular complexity index is 1870. The van der Waals surface area contributed by atoms with Crippen molar-refractivity contribution in [3.05, 3.63) is 148 Å². The number of thioether (sulfide) groups is 1. The zero-order valence-electron chi connectivity index (χ0n) is 23.2. The third-order valence-corrected chi connectivity index (χ3v) is 7.47. The molecule has 0 aliphatic heterocycles. The summed E-state index contributed by atoms with van der Waals surface area (Å²) in [5.41, 5.74) is 2.11. The number of carbonyl (C=O) groups excluding carboxylic acids is 3. The maximum Gasteiger partial charge on any atom is 0.272 e. The van der Waals surface area contributed by atoms with Gasteiger partial charge < -0.3 is 16.0 Å². The molecule has 0 heterocycles. The number of nitrogens with zero attached hydrogens (tertiary/aromatic N) is 1. The SMILES string of the molecule is O=C(CSc1cccc(NC(=O)/C(=C\c2cccc3ccccc23)NC(=O)c2ccccc2)c1)Nc1ccc([N+](=O)[O-])cc1. The van der Waals surface area contributed by atoms with E-state index in [-0.39, 0.29) is 23.0 Å². The van der Waals surface area contributed by atoms with Crippen molar-refractivity contribution in [1.29, 1.82) is 0 Å². The molecule has 0 radical (unpaired) electrons. The summed E-state index contributed by atoms with van der Waals surface area (Å²) >= 11 is 1.26. The molecule has 3 N–H and O–H groups in total. The van der Waals surface area contributed by atoms with Crippen LogP contribution in [0.25, 0.3) is 16.8 Å². The fourth-order valence-corrected chi connectivity index (χ4v) is 5.10. The van der Waals surface area contributed by atoms with Gasteiger partial charge in [-0.05, 0) is 64.9 Å². The molecule has 0 unspecified atom stereocenters. The first-order valence-electron chi connectivity index (χ1n) is 13.5. The van der Waals surface area contributed by atoms with Gasteiger partial charge in [-0.15, -0.1) is 11.8 Å². The number of non-ortho nitro benzene ring substituents is 1. The predicted molar refractivity (Wildman–Crippen MR) is 173 cm³/mol. The Morgan fingerprint density at radius 3 is 2.23 bits per heavy atom. The number of anilines is 2. The molecule has 0 aliphatic carbocycles. The standard InChI is InChI=1S/C34H26N4O5S/c39-32(35-26-16-18-28(19-17-26)38(42)43)22-44-29-14-7-13-27(21-29)36-34(41)31(37-33(40)24-9-2-1-3-10-24)20-25-12-6-11-23-8-4-5-15-30(23)25/h1-21H,22H2,(H,35,39)(H,36,41)(H,37,40)/b31-20+. The van der Waals surface area contributed by atoms with Gasteiger partial charge >= 0.3 is 0 Å². The summed E-state index contributed by atoms with van der Waals surface area (Å²) in [6.45, 7) is 0. The molecule has 0 saturated heterocycles. The van der Waals surface area contributed by atoms with Crippen LogP contribution in [0.4, 0.5) is 17.1 Å². The fourth-order valence-electron chi connectivity index (χ4n) is 4.35. The highest BCUT2D eigenvalue weighted by molar-refractivity contribution is 8.00. The van der Waals surface area contributed by atoms with E-state index in [4.69, 9.17) is 0 Å². The van der Waals surface area contributed by atoms with Gasteiger partial charge in [0.15, 0.2) is 0 Å². The molecule has 3 amide bonds. The zero-order chi connectivity index (χ0) is 30.9. The molecule has 0 saturated carbocycles. The maximum absolute atomic E-state index is 13.6. The van der Waals surface area contributed by atoms with Crippen LogP contribution in [0.3, 0.4) is 0 Å². The molecule has 10 heteroatoms. The number of rotatable bonds is 10. The van der Waals surface area contributed by atoms with E-state index >= 15 is 0 Å². The summed E-state index contributed by atoms with van der Waals surface area (Å²) in [5.74, 6) is -1.15. The number of amides is 3. The molecule has 5 aromatic rings. The van der Waals surface area contributed by atoms with Crippen LogP contribution < -0.4 is 16.0 Å². The van der Waals surface area contributed by atoms with Crippen molar-refractivity contribution in [2.75, 3.05) is 16.4 Å². The monoisotopic (exact) mass is 602 g/mol. The summed E-state index contributed by atoms with van der Waals surface area (Å²) in [4.78, 5) is 50.1. The lowest BCUT2D eigenvalue weighted by Gasteiger charge is -2.13. The quantitative estimate of drug-likeness (QED) is 0.0691. The Morgan fingerprint density at radius 1 is 0.750 bits per heavy atom. The molecule has 5 rings (SSSR count). The number of nitrogens with one attached hydrogen (secondary N) is 3. The van der Waals surface area contributed by atoms with Crippen LogP contribution in [0.15, 0.2) is 132 Å². The molecule has 44 heavy (non-hydrogen) atoms. The van der Waals surface area contributed by atoms with Gasteiger partial charge in [-0.3, -0.25) is 24.5 Å². The number of hydrogen-bond donors (Lipinski definition) is 3. The smallest absolute Gasteiger partial charge is 0.272 e. The predicted octanol–water partition coefficient (Wildman–Crippen LogP) is 6.89. The van der Waals surface area contributed by atoms with E-state index < -0.39 is 16.7 Å². The fraction of sp³-hybridized carbons (Fsp3) is 0.0294. The van der Waals surface area contributed by atoms with E-state index in [1.54, 1.807) is 54.6 Å². The van der Waals surface area contributed by atoms with Gasteiger partial charge in [0.25, 0.3) is 17.5 Å². The third-order valence-electron chi connectivity index (χ3n) is 6.48. The molecule has 0 aromatic heterocycles. The molecule has 0 fully saturated rings. The largest absolute Gasteiger partial charge is 0.325 e. The van der Waals surface area contributed by atoms with Gasteiger partial charge in [0.2, 0.25) is 5.91 Å². The number of carbonyl (C=O) groups is 3. The minimum Gasteiger partial charge on any atom is -0.325 e. The summed E-state index contributed by atoms with van der Waals surface area (Å²) in [7, 11) is 0. The van der Waals surface area contributed by atoms with Gasteiger partial charge in [0, 0.05) is 34.0 Å². The maximum atomic E-state index is 13.6. The van der Waals surface area contributed by atoms with Crippen molar-refractivity contribution < 1.29 is 19.3 Å². The van der Waals surface area contributed by atoms with Crippen LogP contribution in [-0.4, -0.2) is 28.4 Å². The Hall–Kier alpha value is -5.74. The average Bonchev–Trinajstić information content (AvgIpc) is 3.04. The third kappa shape index (κ3) is 7.75. The second-order valence-electron chi connectivity index (χ2n) is 9.57. The van der Waals surface area contributed by atoms with Crippen molar-refractivity contribution in [2.24, 2.45) is 0 Å². The second-order valence-corrected chi connectivity index (χ2v) is 10.6. The normalized spacial score (nSPS) is 11.0. The molecular formula is C34H26N4O5S. The lowest BCUT2D eigenvalue weighted by molar-refractivity contribution is -0.384. The van der Waals surface area contributed by atoms with E-state index in [1.165, 1.54) is 36.0 Å². The van der Waals surface area contributed by atoms with Crippen molar-refractivity contribution in [1.82, 2.24) is 5.32 Å². The van der Waals surface area contributed by atoms with E-state index in [9.17, 15) is 24.5 Å². The molecule has 218 valence electrons. The second kappa shape index (κ2) is 14.0. The van der Waals surface area contributed by atoms with Crippen molar-refractivity contribution in [2.45, 2.75) is 4.90 Å². The summed E-state index contributed by atoms with van der Waals surface area (Å²) in [6, 6.07) is 34.7. The molecule has 9 nitrogen and oxygen atoms in total. The van der Waals surface area contributed by atoms with E-state index in [1.807, 2.05) is 48.5 Å². The Morgan fingerprint density at radius 2 is 1.45 bits per heavy atom. The number of nitro benzene ring substituents is 1. The first-order chi connectivity index (χ1) is 21.4. The summed E-state index contributed by atoms with van der Waals surface area (Å²) in [5, 5.41) is 21.1. The van der Waals surface area contributed by atoms with Crippen LogP contribution in [0, 0.1) is 10.1 Å². The van der Waals surface area contributed by atoms with Gasteiger partial charge in [-0.1, -0.05) is 66.7 Å². The van der Waals surface area contributed by atoms with Gasteiger partial charge in [-0.25, -0.2) is 0 Å². The summed E-state index contributed by atoms with van der Waals surface area (Å²) < 4.78 is 0. The Balaban J connectivity index is 1.30. The lowest BCUT2D eigenvalue weighted by Crippen LogP contribution is -2.30. The van der Waals surface area contributed by atoms with Crippen LogP contribution in [0.2, 0.25) is 0 Å². The van der Waals surface area contributed by atoms with Crippen LogP contribution in [0.1, 0.15) is 15.9 Å². The van der Waals surface area contributed by atoms with Gasteiger partial charge in [0.1, 0.15) is 5.70 Å². The molecular weight excluding hydrogens is 576 g/mol. The topological polar surface area (TPSA) is 130 Å². The number of hydrogen-bond acceptors (Lipinski definition) is 6. The Labute approximate surface area is 257 Å².